The number of nitrogens with one attached hydrogen (secondary N) is 1. The van der Waals surface area contributed by atoms with Crippen molar-refractivity contribution in [1.82, 2.24) is 5.32 Å². The average Bonchev–Trinajstić information content (AvgIpc) is 2.89. The Morgan fingerprint density at radius 3 is 2.94 bits per heavy atom. The van der Waals surface area contributed by atoms with E-state index < -0.39 is 0 Å². The standard InChI is InChI=1S/C13H14N2O2S/c1-17-11-4-2-3-10(12(11)14)13(16)15-7-9-5-6-18-8-9/h2-6,8H,7,14H2,1H3,(H,15,16). The number of carbonyl (C=O) groups is 1. The van der Waals surface area contributed by atoms with Crippen LogP contribution in [0.15, 0.2) is 35.0 Å². The molecule has 0 bridgehead atoms. The number of hydrogen-bond acceptors (Lipinski definition) is 4. The molecule has 2 aromatic rings. The molecule has 1 heterocycles. The smallest absolute Gasteiger partial charge is 0.253 e. The number of thiophene rings is 1. The highest BCUT2D eigenvalue weighted by molar-refractivity contribution is 7.07. The molecule has 0 saturated heterocycles. The van der Waals surface area contributed by atoms with Crippen molar-refractivity contribution in [2.24, 2.45) is 0 Å². The van der Waals surface area contributed by atoms with Crippen molar-refractivity contribution in [2.75, 3.05) is 12.8 Å². The second-order valence-corrected chi connectivity index (χ2v) is 4.52. The molecule has 2 rings (SSSR count). The maximum absolute atomic E-state index is 12.0. The molecular weight excluding hydrogens is 248 g/mol. The Hall–Kier alpha value is -2.01. The molecule has 3 N–H and O–H groups in total. The number of methoxy groups -OCH3 is 1. The summed E-state index contributed by atoms with van der Waals surface area (Å²) in [6.45, 7) is 0.499. The van der Waals surface area contributed by atoms with Gasteiger partial charge in [0.15, 0.2) is 0 Å². The van der Waals surface area contributed by atoms with E-state index in [1.807, 2.05) is 16.8 Å². The van der Waals surface area contributed by atoms with E-state index in [0.717, 1.165) is 5.56 Å². The van der Waals surface area contributed by atoms with Gasteiger partial charge in [0.1, 0.15) is 5.75 Å². The molecule has 94 valence electrons. The third kappa shape index (κ3) is 2.62. The van der Waals surface area contributed by atoms with Gasteiger partial charge in [-0.2, -0.15) is 11.3 Å². The number of amides is 1. The number of nitrogens with two attached hydrogens (primary N) is 1. The first-order valence-electron chi connectivity index (χ1n) is 5.44. The second-order valence-electron chi connectivity index (χ2n) is 3.74. The molecule has 0 saturated carbocycles. The fourth-order valence-electron chi connectivity index (χ4n) is 1.59. The van der Waals surface area contributed by atoms with Gasteiger partial charge in [-0.25, -0.2) is 0 Å². The zero-order valence-corrected chi connectivity index (χ0v) is 10.8. The van der Waals surface area contributed by atoms with E-state index in [-0.39, 0.29) is 5.91 Å². The molecule has 0 radical (unpaired) electrons. The largest absolute Gasteiger partial charge is 0.495 e. The molecule has 0 unspecified atom stereocenters. The molecule has 1 aromatic heterocycles. The minimum atomic E-state index is -0.197. The average molecular weight is 262 g/mol. The summed E-state index contributed by atoms with van der Waals surface area (Å²) in [7, 11) is 1.53. The number of rotatable bonds is 4. The SMILES string of the molecule is COc1cccc(C(=O)NCc2ccsc2)c1N. The Morgan fingerprint density at radius 1 is 1.44 bits per heavy atom. The quantitative estimate of drug-likeness (QED) is 0.831. The van der Waals surface area contributed by atoms with Gasteiger partial charge in [-0.3, -0.25) is 4.79 Å². The lowest BCUT2D eigenvalue weighted by Crippen LogP contribution is -2.23. The number of ether oxygens (including phenoxy) is 1. The summed E-state index contributed by atoms with van der Waals surface area (Å²) in [5.41, 5.74) is 7.74. The molecule has 0 aliphatic rings. The summed E-state index contributed by atoms with van der Waals surface area (Å²) in [6, 6.07) is 7.13. The van der Waals surface area contributed by atoms with E-state index in [4.69, 9.17) is 10.5 Å². The summed E-state index contributed by atoms with van der Waals surface area (Å²) in [6.07, 6.45) is 0. The van der Waals surface area contributed by atoms with Crippen LogP contribution in [0.5, 0.6) is 5.75 Å². The van der Waals surface area contributed by atoms with E-state index >= 15 is 0 Å². The maximum Gasteiger partial charge on any atom is 0.253 e. The van der Waals surface area contributed by atoms with E-state index in [9.17, 15) is 4.79 Å². The van der Waals surface area contributed by atoms with E-state index in [0.29, 0.717) is 23.5 Å². The van der Waals surface area contributed by atoms with Crippen LogP contribution in [0.25, 0.3) is 0 Å². The van der Waals surface area contributed by atoms with Gasteiger partial charge in [-0.05, 0) is 34.5 Å². The van der Waals surface area contributed by atoms with Crippen molar-refractivity contribution < 1.29 is 9.53 Å². The van der Waals surface area contributed by atoms with Crippen molar-refractivity contribution in [3.05, 3.63) is 46.2 Å². The van der Waals surface area contributed by atoms with Crippen LogP contribution >= 0.6 is 11.3 Å². The lowest BCUT2D eigenvalue weighted by atomic mass is 10.1. The lowest BCUT2D eigenvalue weighted by Gasteiger charge is -2.09. The van der Waals surface area contributed by atoms with Crippen LogP contribution in [0.1, 0.15) is 15.9 Å². The highest BCUT2D eigenvalue weighted by Gasteiger charge is 2.12. The molecule has 18 heavy (non-hydrogen) atoms. The number of benzene rings is 1. The molecule has 0 fully saturated rings. The maximum atomic E-state index is 12.0. The summed E-state index contributed by atoms with van der Waals surface area (Å²) < 4.78 is 5.08. The molecule has 1 aromatic carbocycles. The topological polar surface area (TPSA) is 64.3 Å². The molecule has 1 amide bonds. The van der Waals surface area contributed by atoms with Crippen molar-refractivity contribution >= 4 is 22.9 Å². The molecule has 0 atom stereocenters. The fraction of sp³-hybridized carbons (Fsp3) is 0.154. The van der Waals surface area contributed by atoms with Gasteiger partial charge in [-0.1, -0.05) is 6.07 Å². The zero-order chi connectivity index (χ0) is 13.0. The highest BCUT2D eigenvalue weighted by Crippen LogP contribution is 2.24. The van der Waals surface area contributed by atoms with E-state index in [2.05, 4.69) is 5.32 Å². The fourth-order valence-corrected chi connectivity index (χ4v) is 2.26. The highest BCUT2D eigenvalue weighted by atomic mass is 32.1. The first-order valence-corrected chi connectivity index (χ1v) is 6.38. The van der Waals surface area contributed by atoms with Crippen LogP contribution in [-0.4, -0.2) is 13.0 Å². The molecule has 4 nitrogen and oxygen atoms in total. The summed E-state index contributed by atoms with van der Waals surface area (Å²) >= 11 is 1.60. The first kappa shape index (κ1) is 12.4. The van der Waals surface area contributed by atoms with Crippen LogP contribution in [0.4, 0.5) is 5.69 Å². The predicted molar refractivity (Wildman–Crippen MR) is 72.9 cm³/mol. The van der Waals surface area contributed by atoms with E-state index in [1.54, 1.807) is 29.5 Å². The van der Waals surface area contributed by atoms with Crippen LogP contribution in [0.3, 0.4) is 0 Å². The van der Waals surface area contributed by atoms with Crippen LogP contribution < -0.4 is 15.8 Å². The summed E-state index contributed by atoms with van der Waals surface area (Å²) in [5.74, 6) is 0.316. The third-order valence-electron chi connectivity index (χ3n) is 2.56. The summed E-state index contributed by atoms with van der Waals surface area (Å²) in [4.78, 5) is 12.0. The molecule has 0 spiro atoms. The summed E-state index contributed by atoms with van der Waals surface area (Å²) in [5, 5.41) is 6.79. The number of nitrogen functional groups attached to an aromatic ring is 1. The molecule has 0 aliphatic carbocycles. The van der Waals surface area contributed by atoms with Gasteiger partial charge in [-0.15, -0.1) is 0 Å². The van der Waals surface area contributed by atoms with Gasteiger partial charge in [0.05, 0.1) is 18.4 Å². The Kier molecular flexibility index (Phi) is 3.84. The minimum Gasteiger partial charge on any atom is -0.495 e. The number of carbonyl (C=O) groups excluding carboxylic acids is 1. The molecule has 0 aliphatic heterocycles. The van der Waals surface area contributed by atoms with Crippen molar-refractivity contribution in [3.8, 4) is 5.75 Å². The molecular formula is C13H14N2O2S. The normalized spacial score (nSPS) is 10.1. The van der Waals surface area contributed by atoms with Gasteiger partial charge in [0.25, 0.3) is 5.91 Å². The Morgan fingerprint density at radius 2 is 2.28 bits per heavy atom. The van der Waals surface area contributed by atoms with Crippen LogP contribution in [-0.2, 0) is 6.54 Å². The van der Waals surface area contributed by atoms with E-state index in [1.165, 1.54) is 7.11 Å². The van der Waals surface area contributed by atoms with Gasteiger partial charge < -0.3 is 15.8 Å². The van der Waals surface area contributed by atoms with Gasteiger partial charge >= 0.3 is 0 Å². The monoisotopic (exact) mass is 262 g/mol. The van der Waals surface area contributed by atoms with Gasteiger partial charge in [0.2, 0.25) is 0 Å². The Bertz CT molecular complexity index is 538. The van der Waals surface area contributed by atoms with Crippen molar-refractivity contribution in [2.45, 2.75) is 6.54 Å². The number of anilines is 1. The lowest BCUT2D eigenvalue weighted by molar-refractivity contribution is 0.0951. The van der Waals surface area contributed by atoms with Crippen LogP contribution in [0.2, 0.25) is 0 Å². The number of para-hydroxylation sites is 1. The molecule has 5 heteroatoms. The van der Waals surface area contributed by atoms with Crippen molar-refractivity contribution in [3.63, 3.8) is 0 Å². The van der Waals surface area contributed by atoms with Crippen molar-refractivity contribution in [1.29, 1.82) is 0 Å². The second kappa shape index (κ2) is 5.55. The predicted octanol–water partition coefficient (Wildman–Crippen LogP) is 2.27. The first-order chi connectivity index (χ1) is 8.72. The van der Waals surface area contributed by atoms with Crippen LogP contribution in [0, 0.1) is 0 Å². The third-order valence-corrected chi connectivity index (χ3v) is 3.30. The minimum absolute atomic E-state index is 0.197. The van der Waals surface area contributed by atoms with Gasteiger partial charge in [0, 0.05) is 6.54 Å². The number of hydrogen-bond donors (Lipinski definition) is 2. The zero-order valence-electron chi connectivity index (χ0n) is 9.97. The Labute approximate surface area is 109 Å². The Balaban J connectivity index is 2.09.